The van der Waals surface area contributed by atoms with Crippen molar-refractivity contribution in [3.63, 3.8) is 0 Å². The summed E-state index contributed by atoms with van der Waals surface area (Å²) in [5.41, 5.74) is 0. The number of rotatable bonds is 4. The highest BCUT2D eigenvalue weighted by atomic mass is 32.3. The molecule has 0 aromatic heterocycles. The average Bonchev–Trinajstić information content (AvgIpc) is 3.21. The maximum absolute atomic E-state index is 6.23. The number of benzene rings is 2. The van der Waals surface area contributed by atoms with Crippen LogP contribution in [0.25, 0.3) is 0 Å². The molecule has 0 N–H and O–H groups in total. The first-order chi connectivity index (χ1) is 11.3. The predicted molar refractivity (Wildman–Crippen MR) is 101 cm³/mol. The van der Waals surface area contributed by atoms with Gasteiger partial charge in [0.1, 0.15) is 0 Å². The van der Waals surface area contributed by atoms with E-state index >= 15 is 0 Å². The molecule has 0 saturated carbocycles. The van der Waals surface area contributed by atoms with E-state index in [2.05, 4.69) is 71.6 Å². The lowest BCUT2D eigenvalue weighted by Gasteiger charge is -2.39. The number of hydrogen-bond donors (Lipinski definition) is 0. The van der Waals surface area contributed by atoms with Crippen LogP contribution in [-0.2, 0) is 4.52 Å². The van der Waals surface area contributed by atoms with Gasteiger partial charge in [0.2, 0.25) is 0 Å². The van der Waals surface area contributed by atoms with E-state index in [1.54, 1.807) is 0 Å². The zero-order chi connectivity index (χ0) is 15.7. The van der Waals surface area contributed by atoms with Gasteiger partial charge < -0.3 is 4.52 Å². The largest absolute Gasteiger partial charge is 0.341 e. The van der Waals surface area contributed by atoms with Gasteiger partial charge in [0.25, 0.3) is 0 Å². The van der Waals surface area contributed by atoms with Crippen molar-refractivity contribution in [1.29, 1.82) is 0 Å². The molecule has 122 valence electrons. The lowest BCUT2D eigenvalue weighted by molar-refractivity contribution is 0.237. The van der Waals surface area contributed by atoms with E-state index in [-0.39, 0.29) is 0 Å². The van der Waals surface area contributed by atoms with E-state index in [0.717, 1.165) is 5.75 Å². The van der Waals surface area contributed by atoms with Crippen LogP contribution in [0.15, 0.2) is 70.5 Å². The van der Waals surface area contributed by atoms with E-state index in [4.69, 9.17) is 4.52 Å². The molecule has 0 spiro atoms. The SMILES string of the molecule is CS(CC1OPN2CCC[C@@H]12)(c1ccccc1)c1ccccc1. The molecule has 0 radical (unpaired) electrons. The molecule has 2 unspecified atom stereocenters. The monoisotopic (exact) mass is 345 g/mol. The molecular formula is C19H24NOPS. The van der Waals surface area contributed by atoms with Crippen LogP contribution in [0.4, 0.5) is 0 Å². The van der Waals surface area contributed by atoms with Gasteiger partial charge in [-0.3, -0.25) is 4.67 Å². The third-order valence-corrected chi connectivity index (χ3v) is 9.89. The number of fused-ring (bicyclic) bond motifs is 1. The number of nitrogens with zero attached hydrogens (tertiary/aromatic N) is 1. The summed E-state index contributed by atoms with van der Waals surface area (Å²) in [6.45, 7) is 1.22. The molecule has 2 heterocycles. The van der Waals surface area contributed by atoms with Crippen LogP contribution < -0.4 is 0 Å². The molecule has 0 bridgehead atoms. The average molecular weight is 345 g/mol. The molecular weight excluding hydrogens is 321 g/mol. The summed E-state index contributed by atoms with van der Waals surface area (Å²) >= 11 is 0. The maximum atomic E-state index is 6.23. The quantitative estimate of drug-likeness (QED) is 0.730. The molecule has 2 aromatic carbocycles. The summed E-state index contributed by atoms with van der Waals surface area (Å²) in [5.74, 6) is 1.13. The second-order valence-electron chi connectivity index (χ2n) is 6.53. The second kappa shape index (κ2) is 6.57. The molecule has 0 amide bonds. The Labute approximate surface area is 142 Å². The van der Waals surface area contributed by atoms with E-state index in [9.17, 15) is 0 Å². The van der Waals surface area contributed by atoms with Crippen LogP contribution in [0, 0.1) is 0 Å². The molecule has 0 aliphatic carbocycles. The topological polar surface area (TPSA) is 12.5 Å². The minimum atomic E-state index is -1.07. The van der Waals surface area contributed by atoms with Crippen LogP contribution in [0.3, 0.4) is 0 Å². The van der Waals surface area contributed by atoms with Crippen molar-refractivity contribution in [2.75, 3.05) is 18.6 Å². The van der Waals surface area contributed by atoms with Crippen molar-refractivity contribution in [3.05, 3.63) is 60.7 Å². The first kappa shape index (κ1) is 15.7. The lowest BCUT2D eigenvalue weighted by Crippen LogP contribution is -2.32. The van der Waals surface area contributed by atoms with Gasteiger partial charge in [0.15, 0.2) is 0 Å². The molecule has 2 aliphatic heterocycles. The smallest absolute Gasteiger partial charge is 0.0898 e. The first-order valence-electron chi connectivity index (χ1n) is 8.31. The standard InChI is InChI=1S/C19H24NOPS/c1-23(16-9-4-2-5-10-16,17-11-6-3-7-12-17)15-19-18-13-8-14-20(18)22-21-19/h2-7,9-12,18-19,22H,8,13-15H2,1H3/t18-,19?/m0/s1. The first-order valence-corrected chi connectivity index (χ1v) is 11.4. The Morgan fingerprint density at radius 3 is 2.26 bits per heavy atom. The van der Waals surface area contributed by atoms with E-state index < -0.39 is 10.0 Å². The molecule has 2 aromatic rings. The lowest BCUT2D eigenvalue weighted by atomic mass is 10.1. The Morgan fingerprint density at radius 1 is 1.04 bits per heavy atom. The van der Waals surface area contributed by atoms with Crippen LogP contribution in [0.1, 0.15) is 12.8 Å². The Bertz CT molecular complexity index is 611. The fourth-order valence-corrected chi connectivity index (χ4v) is 8.18. The Kier molecular flexibility index (Phi) is 4.47. The summed E-state index contributed by atoms with van der Waals surface area (Å²) < 4.78 is 8.79. The van der Waals surface area contributed by atoms with Crippen LogP contribution in [-0.4, -0.2) is 35.4 Å². The van der Waals surface area contributed by atoms with Crippen molar-refractivity contribution in [1.82, 2.24) is 4.67 Å². The zero-order valence-electron chi connectivity index (χ0n) is 13.5. The highest BCUT2D eigenvalue weighted by Crippen LogP contribution is 2.61. The van der Waals surface area contributed by atoms with E-state index in [1.807, 2.05) is 0 Å². The van der Waals surface area contributed by atoms with Gasteiger partial charge in [-0.05, 0) is 53.2 Å². The van der Waals surface area contributed by atoms with Crippen molar-refractivity contribution in [2.45, 2.75) is 34.8 Å². The van der Waals surface area contributed by atoms with Gasteiger partial charge in [0, 0.05) is 18.3 Å². The molecule has 4 heteroatoms. The molecule has 3 atom stereocenters. The third kappa shape index (κ3) is 2.96. The van der Waals surface area contributed by atoms with Crippen molar-refractivity contribution >= 4 is 19.0 Å². The van der Waals surface area contributed by atoms with E-state index in [1.165, 1.54) is 29.2 Å². The molecule has 2 nitrogen and oxygen atoms in total. The van der Waals surface area contributed by atoms with Crippen molar-refractivity contribution in [3.8, 4) is 0 Å². The summed E-state index contributed by atoms with van der Waals surface area (Å²) in [6.07, 6.45) is 5.48. The number of hydrogen-bond acceptors (Lipinski definition) is 2. The normalized spacial score (nSPS) is 26.5. The highest BCUT2D eigenvalue weighted by molar-refractivity contribution is 8.33. The molecule has 2 aliphatic rings. The van der Waals surface area contributed by atoms with Gasteiger partial charge in [-0.25, -0.2) is 0 Å². The molecule has 2 saturated heterocycles. The summed E-state index contributed by atoms with van der Waals surface area (Å²) in [5, 5.41) is 0. The fraction of sp³-hybridized carbons (Fsp3) is 0.368. The van der Waals surface area contributed by atoms with Gasteiger partial charge in [-0.2, -0.15) is 10.0 Å². The molecule has 23 heavy (non-hydrogen) atoms. The van der Waals surface area contributed by atoms with Gasteiger partial charge in [0.05, 0.1) is 15.1 Å². The van der Waals surface area contributed by atoms with Crippen LogP contribution in [0.2, 0.25) is 0 Å². The Morgan fingerprint density at radius 2 is 1.65 bits per heavy atom. The van der Waals surface area contributed by atoms with Gasteiger partial charge >= 0.3 is 0 Å². The molecule has 4 rings (SSSR count). The van der Waals surface area contributed by atoms with Crippen molar-refractivity contribution < 1.29 is 4.52 Å². The predicted octanol–water partition coefficient (Wildman–Crippen LogP) is 4.91. The van der Waals surface area contributed by atoms with Gasteiger partial charge in [-0.15, -0.1) is 0 Å². The third-order valence-electron chi connectivity index (χ3n) is 5.07. The minimum Gasteiger partial charge on any atom is -0.341 e. The fourth-order valence-electron chi connectivity index (χ4n) is 3.75. The van der Waals surface area contributed by atoms with E-state index in [0.29, 0.717) is 21.1 Å². The van der Waals surface area contributed by atoms with Crippen LogP contribution in [0.5, 0.6) is 0 Å². The van der Waals surface area contributed by atoms with Crippen molar-refractivity contribution in [2.24, 2.45) is 0 Å². The zero-order valence-corrected chi connectivity index (χ0v) is 15.3. The van der Waals surface area contributed by atoms with Gasteiger partial charge in [-0.1, -0.05) is 36.4 Å². The maximum Gasteiger partial charge on any atom is 0.0898 e. The summed E-state index contributed by atoms with van der Waals surface area (Å²) in [4.78, 5) is 2.93. The Hall–Kier alpha value is -0.860. The summed E-state index contributed by atoms with van der Waals surface area (Å²) in [7, 11) is -0.495. The second-order valence-corrected chi connectivity index (χ2v) is 11.0. The summed E-state index contributed by atoms with van der Waals surface area (Å²) in [6, 6.07) is 22.7. The van der Waals surface area contributed by atoms with Crippen LogP contribution >= 0.6 is 19.0 Å². The molecule has 2 fully saturated rings. The minimum absolute atomic E-state index is 0.385. The Balaban J connectivity index is 1.69. The highest BCUT2D eigenvalue weighted by Gasteiger charge is 2.41.